The van der Waals surface area contributed by atoms with Gasteiger partial charge in [0.05, 0.1) is 11.4 Å². The molecule has 1 aromatic carbocycles. The van der Waals surface area contributed by atoms with Crippen molar-refractivity contribution < 1.29 is 0 Å². The Morgan fingerprint density at radius 2 is 1.81 bits per heavy atom. The molecular weight excluding hydrogens is 462 g/mol. The number of allylic oxidation sites excluding steroid dienone is 1. The van der Waals surface area contributed by atoms with Gasteiger partial charge in [-0.1, -0.05) is 25.3 Å². The fraction of sp³-hybridized carbons (Fsp3) is 0.423. The molecule has 0 unspecified atom stereocenters. The number of aromatic nitrogens is 1. The van der Waals surface area contributed by atoms with Crippen molar-refractivity contribution in [3.63, 3.8) is 0 Å². The second kappa shape index (κ2) is 9.28. The second-order valence-electron chi connectivity index (χ2n) is 9.21. The molecule has 168 valence electrons. The number of likely N-dealkylation sites (tertiary alicyclic amines) is 2. The van der Waals surface area contributed by atoms with Gasteiger partial charge in [-0.25, -0.2) is 4.98 Å². The summed E-state index contributed by atoms with van der Waals surface area (Å²) in [5.41, 5.74) is 5.12. The van der Waals surface area contributed by atoms with Crippen LogP contribution in [0.5, 0.6) is 0 Å². The SMILES string of the molecule is C=C(C1CCN(Cc2ccnc(Br)c2)CC1)N1CCC(N2C(=C)Nc3ccccc32)CC1. The summed E-state index contributed by atoms with van der Waals surface area (Å²) in [6.07, 6.45) is 6.56. The van der Waals surface area contributed by atoms with Gasteiger partial charge in [-0.2, -0.15) is 0 Å². The molecule has 0 bridgehead atoms. The first-order valence-corrected chi connectivity index (χ1v) is 12.5. The number of nitrogens with one attached hydrogen (secondary N) is 1. The van der Waals surface area contributed by atoms with Crippen LogP contribution < -0.4 is 10.2 Å². The van der Waals surface area contributed by atoms with Gasteiger partial charge in [0.1, 0.15) is 10.4 Å². The van der Waals surface area contributed by atoms with Crippen LogP contribution in [0.15, 0.2) is 71.9 Å². The van der Waals surface area contributed by atoms with Crippen molar-refractivity contribution in [3.05, 3.63) is 77.4 Å². The normalized spacial score (nSPS) is 20.3. The molecule has 32 heavy (non-hydrogen) atoms. The van der Waals surface area contributed by atoms with Crippen LogP contribution in [0.4, 0.5) is 11.4 Å². The molecule has 6 heteroatoms. The Labute approximate surface area is 199 Å². The second-order valence-corrected chi connectivity index (χ2v) is 10.0. The molecule has 0 aliphatic carbocycles. The first-order chi connectivity index (χ1) is 15.6. The monoisotopic (exact) mass is 493 g/mol. The number of piperidine rings is 2. The van der Waals surface area contributed by atoms with E-state index in [4.69, 9.17) is 0 Å². The lowest BCUT2D eigenvalue weighted by Crippen LogP contribution is -2.45. The molecule has 0 radical (unpaired) electrons. The molecule has 3 aliphatic heterocycles. The molecule has 0 amide bonds. The van der Waals surface area contributed by atoms with E-state index in [1.54, 1.807) is 0 Å². The number of fused-ring (bicyclic) bond motifs is 1. The van der Waals surface area contributed by atoms with Crippen LogP contribution in [0.1, 0.15) is 31.2 Å². The third-order valence-corrected chi connectivity index (χ3v) is 7.66. The molecule has 5 nitrogen and oxygen atoms in total. The highest BCUT2D eigenvalue weighted by Gasteiger charge is 2.33. The summed E-state index contributed by atoms with van der Waals surface area (Å²) in [7, 11) is 0. The molecular formula is C26H32BrN5. The molecule has 5 rings (SSSR count). The Bertz CT molecular complexity index is 989. The number of hydrogen-bond donors (Lipinski definition) is 1. The maximum atomic E-state index is 4.55. The Morgan fingerprint density at radius 1 is 1.06 bits per heavy atom. The van der Waals surface area contributed by atoms with Crippen molar-refractivity contribution in [2.24, 2.45) is 5.92 Å². The van der Waals surface area contributed by atoms with E-state index >= 15 is 0 Å². The van der Waals surface area contributed by atoms with Gasteiger partial charge in [0.25, 0.3) is 0 Å². The Kier molecular flexibility index (Phi) is 6.24. The number of nitrogens with zero attached hydrogens (tertiary/aromatic N) is 4. The van der Waals surface area contributed by atoms with Crippen LogP contribution in [0.2, 0.25) is 0 Å². The van der Waals surface area contributed by atoms with Crippen LogP contribution in [-0.2, 0) is 6.54 Å². The van der Waals surface area contributed by atoms with Crippen molar-refractivity contribution in [1.82, 2.24) is 14.8 Å². The van der Waals surface area contributed by atoms with Crippen LogP contribution in [0.25, 0.3) is 0 Å². The number of anilines is 2. The first kappa shape index (κ1) is 21.5. The Balaban J connectivity index is 1.12. The zero-order valence-corrected chi connectivity index (χ0v) is 20.2. The average molecular weight is 494 g/mol. The molecule has 1 N–H and O–H groups in total. The van der Waals surface area contributed by atoms with E-state index in [1.807, 2.05) is 6.20 Å². The molecule has 0 saturated carbocycles. The van der Waals surface area contributed by atoms with Gasteiger partial charge < -0.3 is 15.1 Å². The van der Waals surface area contributed by atoms with Gasteiger partial charge in [0.2, 0.25) is 0 Å². The third-order valence-electron chi connectivity index (χ3n) is 7.23. The predicted molar refractivity (Wildman–Crippen MR) is 135 cm³/mol. The van der Waals surface area contributed by atoms with Gasteiger partial charge in [0, 0.05) is 43.5 Å². The summed E-state index contributed by atoms with van der Waals surface area (Å²) < 4.78 is 0.915. The minimum atomic E-state index is 0.504. The summed E-state index contributed by atoms with van der Waals surface area (Å²) >= 11 is 3.48. The molecule has 2 aromatic rings. The van der Waals surface area contributed by atoms with E-state index in [-0.39, 0.29) is 0 Å². The van der Waals surface area contributed by atoms with Crippen molar-refractivity contribution in [3.8, 4) is 0 Å². The number of para-hydroxylation sites is 2. The van der Waals surface area contributed by atoms with E-state index < -0.39 is 0 Å². The first-order valence-electron chi connectivity index (χ1n) is 11.7. The number of pyridine rings is 1. The molecule has 3 aliphatic rings. The minimum absolute atomic E-state index is 0.504. The van der Waals surface area contributed by atoms with Gasteiger partial charge in [0.15, 0.2) is 0 Å². The highest BCUT2D eigenvalue weighted by molar-refractivity contribution is 9.10. The number of benzene rings is 1. The zero-order valence-electron chi connectivity index (χ0n) is 18.6. The average Bonchev–Trinajstić information content (AvgIpc) is 3.15. The summed E-state index contributed by atoms with van der Waals surface area (Å²) in [6.45, 7) is 14.3. The van der Waals surface area contributed by atoms with Crippen LogP contribution in [-0.4, -0.2) is 47.0 Å². The lowest BCUT2D eigenvalue weighted by atomic mass is 9.91. The molecule has 2 saturated heterocycles. The maximum Gasteiger partial charge on any atom is 0.106 e. The van der Waals surface area contributed by atoms with E-state index in [2.05, 4.69) is 90.5 Å². The van der Waals surface area contributed by atoms with Crippen LogP contribution in [0, 0.1) is 5.92 Å². The van der Waals surface area contributed by atoms with Gasteiger partial charge in [-0.15, -0.1) is 0 Å². The van der Waals surface area contributed by atoms with Gasteiger partial charge >= 0.3 is 0 Å². The summed E-state index contributed by atoms with van der Waals surface area (Å²) in [5.74, 6) is 1.62. The van der Waals surface area contributed by atoms with Crippen molar-refractivity contribution >= 4 is 27.3 Å². The summed E-state index contributed by atoms with van der Waals surface area (Å²) in [6, 6.07) is 13.3. The molecule has 0 atom stereocenters. The number of rotatable bonds is 5. The predicted octanol–water partition coefficient (Wildman–Crippen LogP) is 5.44. The van der Waals surface area contributed by atoms with E-state index in [0.717, 1.165) is 56.0 Å². The smallest absolute Gasteiger partial charge is 0.106 e. The highest BCUT2D eigenvalue weighted by Crippen LogP contribution is 2.39. The minimum Gasteiger partial charge on any atom is -0.375 e. The Morgan fingerprint density at radius 3 is 2.56 bits per heavy atom. The number of hydrogen-bond acceptors (Lipinski definition) is 5. The quantitative estimate of drug-likeness (QED) is 0.561. The molecule has 2 fully saturated rings. The number of halogens is 1. The van der Waals surface area contributed by atoms with Crippen LogP contribution >= 0.6 is 15.9 Å². The van der Waals surface area contributed by atoms with Crippen molar-refractivity contribution in [1.29, 1.82) is 0 Å². The van der Waals surface area contributed by atoms with Gasteiger partial charge in [-0.05, 0) is 84.5 Å². The lowest BCUT2D eigenvalue weighted by Gasteiger charge is -2.42. The molecule has 0 spiro atoms. The van der Waals surface area contributed by atoms with Gasteiger partial charge in [-0.3, -0.25) is 4.90 Å². The summed E-state index contributed by atoms with van der Waals surface area (Å²) in [4.78, 5) is 11.8. The van der Waals surface area contributed by atoms with E-state index in [0.29, 0.717) is 12.0 Å². The summed E-state index contributed by atoms with van der Waals surface area (Å²) in [5, 5.41) is 3.44. The molecule has 1 aromatic heterocycles. The molecule has 4 heterocycles. The highest BCUT2D eigenvalue weighted by atomic mass is 79.9. The van der Waals surface area contributed by atoms with E-state index in [1.165, 1.54) is 35.5 Å². The topological polar surface area (TPSA) is 34.6 Å². The van der Waals surface area contributed by atoms with Crippen LogP contribution in [0.3, 0.4) is 0 Å². The zero-order chi connectivity index (χ0) is 22.1. The van der Waals surface area contributed by atoms with Crippen molar-refractivity contribution in [2.45, 2.75) is 38.3 Å². The fourth-order valence-corrected chi connectivity index (χ4v) is 5.87. The maximum absolute atomic E-state index is 4.55. The van der Waals surface area contributed by atoms with Crippen molar-refractivity contribution in [2.75, 3.05) is 36.4 Å². The van der Waals surface area contributed by atoms with E-state index in [9.17, 15) is 0 Å². The Hall–Kier alpha value is -2.31. The standard InChI is InChI=1S/C26H32BrN5/c1-19(22-8-13-30(14-9-22)18-21-7-12-28-26(27)17-21)31-15-10-23(11-16-31)32-20(2)29-24-5-3-4-6-25(24)32/h3-7,12,17,22-23,29H,1-2,8-11,13-16,18H2. The fourth-order valence-electron chi connectivity index (χ4n) is 5.46. The largest absolute Gasteiger partial charge is 0.375 e. The lowest BCUT2D eigenvalue weighted by molar-refractivity contribution is 0.160. The third kappa shape index (κ3) is 4.44.